The largest absolute Gasteiger partial charge is 0.473 e. The molecular formula is C16H20N2O. The van der Waals surface area contributed by atoms with Gasteiger partial charge in [-0.05, 0) is 24.5 Å². The molecule has 100 valence electrons. The molecule has 0 aliphatic carbocycles. The summed E-state index contributed by atoms with van der Waals surface area (Å²) in [6.45, 7) is 8.17. The van der Waals surface area contributed by atoms with Crippen molar-refractivity contribution in [2.24, 2.45) is 0 Å². The van der Waals surface area contributed by atoms with Crippen LogP contribution in [0.25, 0.3) is 10.9 Å². The van der Waals surface area contributed by atoms with Crippen LogP contribution in [-0.2, 0) is 6.54 Å². The molecule has 0 spiro atoms. The minimum absolute atomic E-state index is 0.164. The molecule has 1 aromatic heterocycles. The summed E-state index contributed by atoms with van der Waals surface area (Å²) in [5.41, 5.74) is 3.51. The summed E-state index contributed by atoms with van der Waals surface area (Å²) in [7, 11) is 0. The van der Waals surface area contributed by atoms with E-state index in [0.717, 1.165) is 30.0 Å². The van der Waals surface area contributed by atoms with Crippen molar-refractivity contribution in [3.05, 3.63) is 35.4 Å². The van der Waals surface area contributed by atoms with E-state index in [-0.39, 0.29) is 6.10 Å². The first-order valence-corrected chi connectivity index (χ1v) is 6.95. The van der Waals surface area contributed by atoms with Gasteiger partial charge < -0.3 is 10.1 Å². The highest BCUT2D eigenvalue weighted by atomic mass is 16.5. The lowest BCUT2D eigenvalue weighted by Gasteiger charge is -2.14. The summed E-state index contributed by atoms with van der Waals surface area (Å²) >= 11 is 0. The Hall–Kier alpha value is -1.61. The second kappa shape index (κ2) is 4.82. The SMILES string of the molecule is CC(C)c1cccc2cc3c(nc12)O[C@@H](C)CNC3. The third kappa shape index (κ3) is 2.30. The van der Waals surface area contributed by atoms with Gasteiger partial charge in [0, 0.05) is 24.0 Å². The zero-order chi connectivity index (χ0) is 13.4. The van der Waals surface area contributed by atoms with Crippen molar-refractivity contribution >= 4 is 10.9 Å². The van der Waals surface area contributed by atoms with Crippen molar-refractivity contribution in [1.29, 1.82) is 0 Å². The van der Waals surface area contributed by atoms with Gasteiger partial charge in [-0.2, -0.15) is 0 Å². The van der Waals surface area contributed by atoms with Gasteiger partial charge in [0.05, 0.1) is 5.52 Å². The van der Waals surface area contributed by atoms with E-state index < -0.39 is 0 Å². The number of nitrogens with zero attached hydrogens (tertiary/aromatic N) is 1. The van der Waals surface area contributed by atoms with Gasteiger partial charge in [-0.15, -0.1) is 0 Å². The number of hydrogen-bond acceptors (Lipinski definition) is 3. The molecule has 0 bridgehead atoms. The second-order valence-corrected chi connectivity index (χ2v) is 5.59. The molecule has 0 saturated carbocycles. The van der Waals surface area contributed by atoms with Gasteiger partial charge in [-0.25, -0.2) is 4.98 Å². The van der Waals surface area contributed by atoms with E-state index in [1.54, 1.807) is 0 Å². The number of rotatable bonds is 1. The Morgan fingerprint density at radius 2 is 2.21 bits per heavy atom. The van der Waals surface area contributed by atoms with Crippen LogP contribution >= 0.6 is 0 Å². The van der Waals surface area contributed by atoms with E-state index in [1.807, 2.05) is 0 Å². The van der Waals surface area contributed by atoms with Crippen molar-refractivity contribution in [1.82, 2.24) is 10.3 Å². The number of benzene rings is 1. The highest BCUT2D eigenvalue weighted by Crippen LogP contribution is 2.29. The van der Waals surface area contributed by atoms with Crippen LogP contribution < -0.4 is 10.1 Å². The van der Waals surface area contributed by atoms with E-state index >= 15 is 0 Å². The summed E-state index contributed by atoms with van der Waals surface area (Å²) in [6, 6.07) is 8.60. The Kier molecular flexibility index (Phi) is 3.15. The van der Waals surface area contributed by atoms with Crippen LogP contribution in [0, 0.1) is 0 Å². The fourth-order valence-corrected chi connectivity index (χ4v) is 2.59. The topological polar surface area (TPSA) is 34.1 Å². The van der Waals surface area contributed by atoms with Crippen molar-refractivity contribution < 1.29 is 4.74 Å². The maximum Gasteiger partial charge on any atom is 0.218 e. The van der Waals surface area contributed by atoms with Crippen LogP contribution in [-0.4, -0.2) is 17.6 Å². The monoisotopic (exact) mass is 256 g/mol. The number of para-hydroxylation sites is 1. The third-order valence-electron chi connectivity index (χ3n) is 3.60. The lowest BCUT2D eigenvalue weighted by Crippen LogP contribution is -2.25. The minimum Gasteiger partial charge on any atom is -0.473 e. The fraction of sp³-hybridized carbons (Fsp3) is 0.438. The molecule has 1 aliphatic rings. The zero-order valence-corrected chi connectivity index (χ0v) is 11.7. The Morgan fingerprint density at radius 3 is 3.00 bits per heavy atom. The van der Waals surface area contributed by atoms with Crippen molar-refractivity contribution in [2.45, 2.75) is 39.3 Å². The predicted octanol–water partition coefficient (Wildman–Crippen LogP) is 3.23. The second-order valence-electron chi connectivity index (χ2n) is 5.59. The van der Waals surface area contributed by atoms with Gasteiger partial charge in [0.15, 0.2) is 0 Å². The van der Waals surface area contributed by atoms with Crippen molar-refractivity contribution in [2.75, 3.05) is 6.54 Å². The molecule has 0 fully saturated rings. The van der Waals surface area contributed by atoms with E-state index in [2.05, 4.69) is 50.4 Å². The quantitative estimate of drug-likeness (QED) is 0.850. The van der Waals surface area contributed by atoms with Crippen LogP contribution in [0.4, 0.5) is 0 Å². The molecule has 0 saturated heterocycles. The van der Waals surface area contributed by atoms with Gasteiger partial charge in [-0.1, -0.05) is 32.0 Å². The molecule has 0 unspecified atom stereocenters. The predicted molar refractivity (Wildman–Crippen MR) is 77.6 cm³/mol. The maximum absolute atomic E-state index is 5.93. The Labute approximate surface area is 114 Å². The Bertz CT molecular complexity index is 607. The number of ether oxygens (including phenoxy) is 1. The average Bonchev–Trinajstić information content (AvgIpc) is 2.55. The fourth-order valence-electron chi connectivity index (χ4n) is 2.59. The molecule has 3 rings (SSSR count). The molecule has 0 radical (unpaired) electrons. The number of hydrogen-bond donors (Lipinski definition) is 1. The molecule has 0 amide bonds. The van der Waals surface area contributed by atoms with Crippen LogP contribution in [0.15, 0.2) is 24.3 Å². The molecule has 3 heteroatoms. The molecule has 1 atom stereocenters. The van der Waals surface area contributed by atoms with Crippen LogP contribution in [0.5, 0.6) is 5.88 Å². The summed E-state index contributed by atoms with van der Waals surface area (Å²) in [5, 5.41) is 4.59. The van der Waals surface area contributed by atoms with Gasteiger partial charge in [0.1, 0.15) is 6.10 Å². The van der Waals surface area contributed by atoms with Gasteiger partial charge in [0.2, 0.25) is 5.88 Å². The first-order chi connectivity index (χ1) is 9.15. The van der Waals surface area contributed by atoms with E-state index in [9.17, 15) is 0 Å². The van der Waals surface area contributed by atoms with Gasteiger partial charge in [0.25, 0.3) is 0 Å². The molecule has 3 nitrogen and oxygen atoms in total. The van der Waals surface area contributed by atoms with Crippen LogP contribution in [0.1, 0.15) is 37.8 Å². The molecule has 1 N–H and O–H groups in total. The number of fused-ring (bicyclic) bond motifs is 2. The standard InChI is InChI=1S/C16H20N2O/c1-10(2)14-6-4-5-12-7-13-9-17-8-11(3)19-16(13)18-15(12)14/h4-7,10-11,17H,8-9H2,1-3H3/t11-/m0/s1. The molecule has 1 aromatic carbocycles. The van der Waals surface area contributed by atoms with E-state index in [1.165, 1.54) is 10.9 Å². The summed E-state index contributed by atoms with van der Waals surface area (Å²) in [5.74, 6) is 1.26. The van der Waals surface area contributed by atoms with Crippen molar-refractivity contribution in [3.63, 3.8) is 0 Å². The summed E-state index contributed by atoms with van der Waals surface area (Å²) < 4.78 is 5.93. The van der Waals surface area contributed by atoms with Crippen LogP contribution in [0.2, 0.25) is 0 Å². The normalized spacial score (nSPS) is 19.1. The Morgan fingerprint density at radius 1 is 1.37 bits per heavy atom. The van der Waals surface area contributed by atoms with Crippen molar-refractivity contribution in [3.8, 4) is 5.88 Å². The first-order valence-electron chi connectivity index (χ1n) is 6.95. The highest BCUT2D eigenvalue weighted by Gasteiger charge is 2.17. The number of aromatic nitrogens is 1. The lowest BCUT2D eigenvalue weighted by molar-refractivity contribution is 0.218. The lowest BCUT2D eigenvalue weighted by atomic mass is 9.99. The first kappa shape index (κ1) is 12.4. The highest BCUT2D eigenvalue weighted by molar-refractivity contribution is 5.83. The van der Waals surface area contributed by atoms with Gasteiger partial charge >= 0.3 is 0 Å². The third-order valence-corrected chi connectivity index (χ3v) is 3.60. The zero-order valence-electron chi connectivity index (χ0n) is 11.7. The molecule has 19 heavy (non-hydrogen) atoms. The minimum atomic E-state index is 0.164. The summed E-state index contributed by atoms with van der Waals surface area (Å²) in [6.07, 6.45) is 0.164. The molecule has 1 aliphatic heterocycles. The van der Waals surface area contributed by atoms with E-state index in [0.29, 0.717) is 5.92 Å². The smallest absolute Gasteiger partial charge is 0.218 e. The molecule has 2 aromatic rings. The number of pyridine rings is 1. The number of nitrogens with one attached hydrogen (secondary N) is 1. The summed E-state index contributed by atoms with van der Waals surface area (Å²) in [4.78, 5) is 4.79. The van der Waals surface area contributed by atoms with E-state index in [4.69, 9.17) is 9.72 Å². The molecular weight excluding hydrogens is 236 g/mol. The maximum atomic E-state index is 5.93. The van der Waals surface area contributed by atoms with Crippen LogP contribution in [0.3, 0.4) is 0 Å². The van der Waals surface area contributed by atoms with Gasteiger partial charge in [-0.3, -0.25) is 0 Å². The Balaban J connectivity index is 2.20. The average molecular weight is 256 g/mol. The molecule has 2 heterocycles.